The van der Waals surface area contributed by atoms with Crippen molar-refractivity contribution in [2.75, 3.05) is 13.1 Å². The van der Waals surface area contributed by atoms with E-state index < -0.39 is 0 Å². The standard InChI is InChI=1S/C12H17N3.HI/c1-2-11(10-6-4-3-5-7-10)15-12-13-8-9-14-12;/h3-7,11H,2,8-9H2,1H3,(H2,13,14,15);1H/t11-;/m1./s1. The number of nitrogens with zero attached hydrogens (tertiary/aromatic N) is 1. The molecule has 4 heteroatoms. The van der Waals surface area contributed by atoms with Gasteiger partial charge in [-0.15, -0.1) is 24.0 Å². The first-order valence-electron chi connectivity index (χ1n) is 5.50. The van der Waals surface area contributed by atoms with Crippen molar-refractivity contribution < 1.29 is 0 Å². The lowest BCUT2D eigenvalue weighted by Crippen LogP contribution is -2.36. The number of nitrogens with one attached hydrogen (secondary N) is 2. The molecule has 0 aliphatic carbocycles. The summed E-state index contributed by atoms with van der Waals surface area (Å²) in [4.78, 5) is 4.34. The first-order valence-corrected chi connectivity index (χ1v) is 5.50. The van der Waals surface area contributed by atoms with Gasteiger partial charge in [0.25, 0.3) is 0 Å². The minimum absolute atomic E-state index is 0. The van der Waals surface area contributed by atoms with Gasteiger partial charge >= 0.3 is 0 Å². The molecule has 2 rings (SSSR count). The predicted octanol–water partition coefficient (Wildman–Crippen LogP) is 2.30. The lowest BCUT2D eigenvalue weighted by molar-refractivity contribution is 0.617. The second kappa shape index (κ2) is 6.73. The van der Waals surface area contributed by atoms with Crippen molar-refractivity contribution in [1.29, 1.82) is 0 Å². The van der Waals surface area contributed by atoms with E-state index in [9.17, 15) is 0 Å². The minimum Gasteiger partial charge on any atom is -0.355 e. The van der Waals surface area contributed by atoms with Crippen LogP contribution in [0.2, 0.25) is 0 Å². The first-order chi connectivity index (χ1) is 7.40. The zero-order chi connectivity index (χ0) is 10.5. The fourth-order valence-electron chi connectivity index (χ4n) is 1.77. The van der Waals surface area contributed by atoms with Crippen LogP contribution in [0.1, 0.15) is 24.9 Å². The van der Waals surface area contributed by atoms with E-state index in [-0.39, 0.29) is 24.0 Å². The maximum absolute atomic E-state index is 4.34. The van der Waals surface area contributed by atoms with E-state index in [1.165, 1.54) is 5.56 Å². The van der Waals surface area contributed by atoms with E-state index in [2.05, 4.69) is 46.8 Å². The summed E-state index contributed by atoms with van der Waals surface area (Å²) in [5.41, 5.74) is 1.32. The highest BCUT2D eigenvalue weighted by Crippen LogP contribution is 2.15. The van der Waals surface area contributed by atoms with Crippen molar-refractivity contribution >= 4 is 29.9 Å². The van der Waals surface area contributed by atoms with Crippen molar-refractivity contribution in [2.45, 2.75) is 19.4 Å². The maximum Gasteiger partial charge on any atom is 0.191 e. The quantitative estimate of drug-likeness (QED) is 0.834. The number of benzene rings is 1. The summed E-state index contributed by atoms with van der Waals surface area (Å²) in [6.07, 6.45) is 1.06. The summed E-state index contributed by atoms with van der Waals surface area (Å²) < 4.78 is 0. The van der Waals surface area contributed by atoms with Crippen LogP contribution in [0, 0.1) is 0 Å². The van der Waals surface area contributed by atoms with Gasteiger partial charge < -0.3 is 10.6 Å². The molecule has 0 radical (unpaired) electrons. The van der Waals surface area contributed by atoms with Crippen LogP contribution >= 0.6 is 24.0 Å². The molecule has 1 aliphatic rings. The largest absolute Gasteiger partial charge is 0.355 e. The third-order valence-electron chi connectivity index (χ3n) is 2.60. The lowest BCUT2D eigenvalue weighted by Gasteiger charge is -2.18. The Morgan fingerprint density at radius 3 is 2.69 bits per heavy atom. The van der Waals surface area contributed by atoms with Crippen molar-refractivity contribution in [3.8, 4) is 0 Å². The number of aliphatic imine (C=N–C) groups is 1. The van der Waals surface area contributed by atoms with E-state index in [1.807, 2.05) is 6.07 Å². The fourth-order valence-corrected chi connectivity index (χ4v) is 1.77. The van der Waals surface area contributed by atoms with Gasteiger partial charge in [-0.25, -0.2) is 0 Å². The van der Waals surface area contributed by atoms with E-state index in [4.69, 9.17) is 0 Å². The van der Waals surface area contributed by atoms with Crippen LogP contribution in [-0.2, 0) is 0 Å². The van der Waals surface area contributed by atoms with Gasteiger partial charge in [0.1, 0.15) is 0 Å². The monoisotopic (exact) mass is 331 g/mol. The molecule has 0 bridgehead atoms. The number of guanidine groups is 1. The Labute approximate surface area is 114 Å². The Kier molecular flexibility index (Phi) is 5.59. The number of rotatable bonds is 3. The molecule has 0 amide bonds. The van der Waals surface area contributed by atoms with Crippen molar-refractivity contribution in [2.24, 2.45) is 4.99 Å². The summed E-state index contributed by atoms with van der Waals surface area (Å²) in [5, 5.41) is 6.65. The number of hydrogen-bond acceptors (Lipinski definition) is 3. The van der Waals surface area contributed by atoms with Crippen LogP contribution in [0.15, 0.2) is 35.3 Å². The molecule has 88 valence electrons. The smallest absolute Gasteiger partial charge is 0.191 e. The molecule has 1 heterocycles. The Morgan fingerprint density at radius 2 is 2.12 bits per heavy atom. The van der Waals surface area contributed by atoms with Gasteiger partial charge in [-0.1, -0.05) is 37.3 Å². The summed E-state index contributed by atoms with van der Waals surface area (Å²) in [7, 11) is 0. The average molecular weight is 331 g/mol. The third kappa shape index (κ3) is 3.37. The van der Waals surface area contributed by atoms with Gasteiger partial charge in [0.15, 0.2) is 5.96 Å². The second-order valence-electron chi connectivity index (χ2n) is 3.67. The highest BCUT2D eigenvalue weighted by atomic mass is 127. The van der Waals surface area contributed by atoms with Gasteiger partial charge in [-0.3, -0.25) is 4.99 Å². The van der Waals surface area contributed by atoms with E-state index in [0.717, 1.165) is 25.5 Å². The molecule has 1 atom stereocenters. The Bertz CT molecular complexity index is 337. The maximum atomic E-state index is 4.34. The molecule has 1 aromatic carbocycles. The molecule has 3 nitrogen and oxygen atoms in total. The number of halogens is 1. The fraction of sp³-hybridized carbons (Fsp3) is 0.417. The minimum atomic E-state index is 0. The Hall–Kier alpha value is -0.780. The first kappa shape index (κ1) is 13.3. The zero-order valence-electron chi connectivity index (χ0n) is 9.44. The van der Waals surface area contributed by atoms with E-state index >= 15 is 0 Å². The third-order valence-corrected chi connectivity index (χ3v) is 2.60. The van der Waals surface area contributed by atoms with Gasteiger partial charge in [0.2, 0.25) is 0 Å². The van der Waals surface area contributed by atoms with Crippen LogP contribution in [0.4, 0.5) is 0 Å². The molecule has 0 spiro atoms. The molecule has 1 aliphatic heterocycles. The van der Waals surface area contributed by atoms with Crippen LogP contribution < -0.4 is 10.6 Å². The molecule has 0 saturated carbocycles. The molecule has 0 saturated heterocycles. The normalized spacial score (nSPS) is 15.7. The topological polar surface area (TPSA) is 36.4 Å². The van der Waals surface area contributed by atoms with Crippen molar-refractivity contribution in [3.05, 3.63) is 35.9 Å². The summed E-state index contributed by atoms with van der Waals surface area (Å²) >= 11 is 0. The highest BCUT2D eigenvalue weighted by Gasteiger charge is 2.12. The SMILES string of the molecule is CC[C@@H](NC1=NCCN1)c1ccccc1.I. The van der Waals surface area contributed by atoms with Gasteiger partial charge in [-0.2, -0.15) is 0 Å². The zero-order valence-corrected chi connectivity index (χ0v) is 11.8. The Balaban J connectivity index is 0.00000128. The highest BCUT2D eigenvalue weighted by molar-refractivity contribution is 14.0. The molecule has 2 N–H and O–H groups in total. The number of hydrogen-bond donors (Lipinski definition) is 2. The van der Waals surface area contributed by atoms with Crippen LogP contribution in [0.25, 0.3) is 0 Å². The second-order valence-corrected chi connectivity index (χ2v) is 3.67. The lowest BCUT2D eigenvalue weighted by atomic mass is 10.1. The predicted molar refractivity (Wildman–Crippen MR) is 78.3 cm³/mol. The Morgan fingerprint density at radius 1 is 1.38 bits per heavy atom. The van der Waals surface area contributed by atoms with Gasteiger partial charge in [-0.05, 0) is 12.0 Å². The van der Waals surface area contributed by atoms with Crippen molar-refractivity contribution in [1.82, 2.24) is 10.6 Å². The van der Waals surface area contributed by atoms with E-state index in [0.29, 0.717) is 6.04 Å². The molecular formula is C12H18IN3. The summed E-state index contributed by atoms with van der Waals surface area (Å²) in [6.45, 7) is 4.02. The van der Waals surface area contributed by atoms with Gasteiger partial charge in [0.05, 0.1) is 12.6 Å². The molecule has 1 aromatic rings. The molecule has 16 heavy (non-hydrogen) atoms. The summed E-state index contributed by atoms with van der Waals surface area (Å²) in [6, 6.07) is 10.8. The van der Waals surface area contributed by atoms with Crippen LogP contribution in [0.5, 0.6) is 0 Å². The molecule has 0 aromatic heterocycles. The molecular weight excluding hydrogens is 313 g/mol. The van der Waals surface area contributed by atoms with Crippen LogP contribution in [-0.4, -0.2) is 19.0 Å². The summed E-state index contributed by atoms with van der Waals surface area (Å²) in [5.74, 6) is 0.936. The van der Waals surface area contributed by atoms with Crippen LogP contribution in [0.3, 0.4) is 0 Å². The molecule has 0 unspecified atom stereocenters. The molecule has 0 fully saturated rings. The van der Waals surface area contributed by atoms with E-state index in [1.54, 1.807) is 0 Å². The average Bonchev–Trinajstić information content (AvgIpc) is 2.80. The van der Waals surface area contributed by atoms with Gasteiger partial charge in [0, 0.05) is 6.54 Å². The van der Waals surface area contributed by atoms with Crippen molar-refractivity contribution in [3.63, 3.8) is 0 Å².